The normalized spacial score (nSPS) is 23.5. The van der Waals surface area contributed by atoms with Gasteiger partial charge in [-0.05, 0) is 31.7 Å². The molecule has 1 aliphatic carbocycles. The fourth-order valence-corrected chi connectivity index (χ4v) is 3.46. The van der Waals surface area contributed by atoms with Crippen molar-refractivity contribution >= 4 is 17.5 Å². The molecule has 0 saturated heterocycles. The van der Waals surface area contributed by atoms with Crippen LogP contribution in [-0.4, -0.2) is 17.5 Å². The number of ketones is 2. The maximum absolute atomic E-state index is 12.9. The number of benzene rings is 1. The Labute approximate surface area is 142 Å². The fourth-order valence-electron chi connectivity index (χ4n) is 3.46. The summed E-state index contributed by atoms with van der Waals surface area (Å²) in [4.78, 5) is 37.4. The predicted octanol–water partition coefficient (Wildman–Crippen LogP) is 3.64. The molecule has 24 heavy (non-hydrogen) atoms. The van der Waals surface area contributed by atoms with Gasteiger partial charge in [-0.1, -0.05) is 42.8 Å². The maximum atomic E-state index is 12.9. The van der Waals surface area contributed by atoms with E-state index in [9.17, 15) is 14.4 Å². The van der Waals surface area contributed by atoms with Crippen molar-refractivity contribution in [2.45, 2.75) is 45.6 Å². The van der Waals surface area contributed by atoms with E-state index >= 15 is 0 Å². The molecule has 0 amide bonds. The highest BCUT2D eigenvalue weighted by Crippen LogP contribution is 2.42. The number of rotatable bonds is 7. The summed E-state index contributed by atoms with van der Waals surface area (Å²) < 4.78 is 5.43. The molecular formula is C20H24O4. The zero-order valence-corrected chi connectivity index (χ0v) is 14.1. The quantitative estimate of drug-likeness (QED) is 0.435. The van der Waals surface area contributed by atoms with Crippen LogP contribution in [0.15, 0.2) is 43.0 Å². The highest BCUT2D eigenvalue weighted by molar-refractivity contribution is 6.08. The minimum absolute atomic E-state index is 0.0763. The summed E-state index contributed by atoms with van der Waals surface area (Å²) in [6.45, 7) is 5.21. The number of ether oxygens (including phenoxy) is 1. The Hall–Kier alpha value is -2.23. The summed E-state index contributed by atoms with van der Waals surface area (Å²) in [5.74, 6) is -1.15. The number of hydrogen-bond acceptors (Lipinski definition) is 4. The maximum Gasteiger partial charge on any atom is 0.320 e. The van der Waals surface area contributed by atoms with Gasteiger partial charge in [-0.2, -0.15) is 0 Å². The van der Waals surface area contributed by atoms with Crippen molar-refractivity contribution in [2.75, 3.05) is 0 Å². The Morgan fingerprint density at radius 2 is 2.04 bits per heavy atom. The molecule has 1 saturated carbocycles. The lowest BCUT2D eigenvalue weighted by Gasteiger charge is -2.36. The van der Waals surface area contributed by atoms with Gasteiger partial charge >= 0.3 is 5.97 Å². The number of Topliss-reactive ketones (excluding diaryl/α,β-unsaturated/α-hetero) is 2. The number of carbonyl (C=O) groups excluding carboxylic acids is 3. The first-order valence-electron chi connectivity index (χ1n) is 8.35. The number of allylic oxidation sites excluding steroid dienone is 1. The van der Waals surface area contributed by atoms with Crippen molar-refractivity contribution in [1.82, 2.24) is 0 Å². The van der Waals surface area contributed by atoms with Gasteiger partial charge in [-0.3, -0.25) is 14.4 Å². The molecule has 0 bridgehead atoms. The fraction of sp³-hybridized carbons (Fsp3) is 0.450. The van der Waals surface area contributed by atoms with Gasteiger partial charge in [0, 0.05) is 12.3 Å². The molecule has 128 valence electrons. The van der Waals surface area contributed by atoms with Gasteiger partial charge in [-0.25, -0.2) is 0 Å². The van der Waals surface area contributed by atoms with Crippen molar-refractivity contribution in [2.24, 2.45) is 11.3 Å². The van der Waals surface area contributed by atoms with Crippen LogP contribution in [0.25, 0.3) is 0 Å². The summed E-state index contributed by atoms with van der Waals surface area (Å²) in [5.41, 5.74) is -0.471. The molecule has 0 aliphatic heterocycles. The highest BCUT2D eigenvalue weighted by atomic mass is 16.5. The Morgan fingerprint density at radius 3 is 2.67 bits per heavy atom. The molecule has 0 heterocycles. The van der Waals surface area contributed by atoms with Crippen LogP contribution in [0.4, 0.5) is 0 Å². The summed E-state index contributed by atoms with van der Waals surface area (Å²) in [6, 6.07) is 9.32. The molecule has 1 aromatic carbocycles. The van der Waals surface area contributed by atoms with Gasteiger partial charge in [0.25, 0.3) is 0 Å². The lowest BCUT2D eigenvalue weighted by molar-refractivity contribution is -0.167. The first-order chi connectivity index (χ1) is 11.5. The van der Waals surface area contributed by atoms with Crippen LogP contribution < -0.4 is 0 Å². The van der Waals surface area contributed by atoms with E-state index in [1.165, 1.54) is 6.92 Å². The first-order valence-corrected chi connectivity index (χ1v) is 8.35. The van der Waals surface area contributed by atoms with Gasteiger partial charge in [0.05, 0.1) is 0 Å². The minimum atomic E-state index is -1.33. The van der Waals surface area contributed by atoms with Crippen LogP contribution in [-0.2, 0) is 25.7 Å². The van der Waals surface area contributed by atoms with Crippen LogP contribution >= 0.6 is 0 Å². The van der Waals surface area contributed by atoms with Gasteiger partial charge in [-0.15, -0.1) is 6.58 Å². The van der Waals surface area contributed by atoms with E-state index in [1.54, 1.807) is 6.08 Å². The molecule has 0 N–H and O–H groups in total. The van der Waals surface area contributed by atoms with Crippen LogP contribution in [0.3, 0.4) is 0 Å². The van der Waals surface area contributed by atoms with Crippen molar-refractivity contribution in [3.05, 3.63) is 48.6 Å². The molecule has 1 aromatic rings. The van der Waals surface area contributed by atoms with E-state index in [4.69, 9.17) is 4.74 Å². The average Bonchev–Trinajstić information content (AvgIpc) is 2.57. The second-order valence-corrected chi connectivity index (χ2v) is 6.50. The molecule has 4 heteroatoms. The van der Waals surface area contributed by atoms with Crippen molar-refractivity contribution in [3.8, 4) is 0 Å². The van der Waals surface area contributed by atoms with E-state index in [-0.39, 0.29) is 30.5 Å². The Bertz CT molecular complexity index is 620. The molecule has 2 atom stereocenters. The second kappa shape index (κ2) is 8.04. The van der Waals surface area contributed by atoms with Gasteiger partial charge < -0.3 is 4.74 Å². The SMILES string of the molecule is C=CCC1CCC[C@](CC(C)=O)(C(=O)OCc2ccccc2)C1=O. The van der Waals surface area contributed by atoms with E-state index in [2.05, 4.69) is 6.58 Å². The Kier molecular flexibility index (Phi) is 6.07. The summed E-state index contributed by atoms with van der Waals surface area (Å²) >= 11 is 0. The van der Waals surface area contributed by atoms with Crippen LogP contribution in [0, 0.1) is 11.3 Å². The Morgan fingerprint density at radius 1 is 1.33 bits per heavy atom. The lowest BCUT2D eigenvalue weighted by atomic mass is 9.65. The van der Waals surface area contributed by atoms with E-state index < -0.39 is 11.4 Å². The third-order valence-electron chi connectivity index (χ3n) is 4.60. The second-order valence-electron chi connectivity index (χ2n) is 6.50. The molecule has 1 unspecified atom stereocenters. The van der Waals surface area contributed by atoms with Crippen LogP contribution in [0.5, 0.6) is 0 Å². The smallest absolute Gasteiger partial charge is 0.320 e. The zero-order valence-electron chi connectivity index (χ0n) is 14.1. The van der Waals surface area contributed by atoms with Crippen molar-refractivity contribution in [3.63, 3.8) is 0 Å². The third kappa shape index (κ3) is 3.99. The standard InChI is InChI=1S/C20H24O4/c1-3-8-17-11-7-12-20(18(17)22,13-15(2)21)19(23)24-14-16-9-5-4-6-10-16/h3-6,9-10,17H,1,7-8,11-14H2,2H3/t17?,20-/m1/s1. The lowest BCUT2D eigenvalue weighted by Crippen LogP contribution is -2.47. The topological polar surface area (TPSA) is 60.4 Å². The van der Waals surface area contributed by atoms with Crippen molar-refractivity contribution in [1.29, 1.82) is 0 Å². The first kappa shape index (κ1) is 18.1. The van der Waals surface area contributed by atoms with E-state index in [0.717, 1.165) is 18.4 Å². The molecule has 0 radical (unpaired) electrons. The summed E-state index contributed by atoms with van der Waals surface area (Å²) in [7, 11) is 0. The summed E-state index contributed by atoms with van der Waals surface area (Å²) in [6.07, 6.45) is 4.00. The minimum Gasteiger partial charge on any atom is -0.460 e. The number of esters is 1. The number of carbonyl (C=O) groups is 3. The largest absolute Gasteiger partial charge is 0.460 e. The number of hydrogen-bond donors (Lipinski definition) is 0. The highest BCUT2D eigenvalue weighted by Gasteiger charge is 2.51. The molecule has 4 nitrogen and oxygen atoms in total. The van der Waals surface area contributed by atoms with Gasteiger partial charge in [0.2, 0.25) is 0 Å². The molecule has 0 aromatic heterocycles. The van der Waals surface area contributed by atoms with E-state index in [0.29, 0.717) is 12.8 Å². The average molecular weight is 328 g/mol. The molecule has 1 fully saturated rings. The van der Waals surface area contributed by atoms with Gasteiger partial charge in [0.15, 0.2) is 5.78 Å². The molecule has 0 spiro atoms. The monoisotopic (exact) mass is 328 g/mol. The van der Waals surface area contributed by atoms with Crippen LogP contribution in [0.2, 0.25) is 0 Å². The summed E-state index contributed by atoms with van der Waals surface area (Å²) in [5, 5.41) is 0. The van der Waals surface area contributed by atoms with Crippen LogP contribution in [0.1, 0.15) is 44.6 Å². The van der Waals surface area contributed by atoms with E-state index in [1.807, 2.05) is 30.3 Å². The zero-order chi connectivity index (χ0) is 17.6. The predicted molar refractivity (Wildman–Crippen MR) is 91.1 cm³/mol. The third-order valence-corrected chi connectivity index (χ3v) is 4.60. The van der Waals surface area contributed by atoms with Crippen molar-refractivity contribution < 1.29 is 19.1 Å². The van der Waals surface area contributed by atoms with Gasteiger partial charge in [0.1, 0.15) is 17.8 Å². The molecule has 2 rings (SSSR count). The molecular weight excluding hydrogens is 304 g/mol. The Balaban J connectivity index is 2.19. The molecule has 1 aliphatic rings.